The molecule has 0 aliphatic rings. The third-order valence-electron chi connectivity index (χ3n) is 1.91. The van der Waals surface area contributed by atoms with E-state index < -0.39 is 0 Å². The second kappa shape index (κ2) is 3.54. The topological polar surface area (TPSA) is 33.1 Å². The van der Waals surface area contributed by atoms with Crippen molar-refractivity contribution in [1.29, 1.82) is 0 Å². The van der Waals surface area contributed by atoms with Crippen molar-refractivity contribution in [2.75, 3.05) is 6.61 Å². The molecule has 0 spiro atoms. The fourth-order valence-corrected chi connectivity index (χ4v) is 2.02. The van der Waals surface area contributed by atoms with Gasteiger partial charge in [-0.3, -0.25) is 0 Å². The summed E-state index contributed by atoms with van der Waals surface area (Å²) in [5.74, 6) is 0. The van der Waals surface area contributed by atoms with Gasteiger partial charge >= 0.3 is 0 Å². The van der Waals surface area contributed by atoms with E-state index in [9.17, 15) is 0 Å². The lowest BCUT2D eigenvalue weighted by Crippen LogP contribution is -2.19. The molecule has 0 aromatic carbocycles. The zero-order valence-corrected chi connectivity index (χ0v) is 8.61. The van der Waals surface area contributed by atoms with Gasteiger partial charge in [-0.05, 0) is 18.8 Å². The van der Waals surface area contributed by atoms with Gasteiger partial charge in [0.05, 0.1) is 11.2 Å². The van der Waals surface area contributed by atoms with Crippen LogP contribution >= 0.6 is 11.3 Å². The zero-order valence-electron chi connectivity index (χ0n) is 7.79. The van der Waals surface area contributed by atoms with Crippen molar-refractivity contribution in [3.63, 3.8) is 0 Å². The number of aryl methyl sites for hydroxylation is 1. The van der Waals surface area contributed by atoms with Gasteiger partial charge < -0.3 is 5.11 Å². The molecule has 1 N–H and O–H groups in total. The molecule has 0 unspecified atom stereocenters. The Bertz CT molecular complexity index is 255. The molecule has 0 amide bonds. The standard InChI is InChI=1S/C9H15NOS/c1-7-8(12-6-10-7)4-9(2,3)5-11/h6,11H,4-5H2,1-3H3. The third-order valence-corrected chi connectivity index (χ3v) is 2.85. The van der Waals surface area contributed by atoms with Crippen LogP contribution in [0.5, 0.6) is 0 Å². The van der Waals surface area contributed by atoms with E-state index in [0.29, 0.717) is 0 Å². The Morgan fingerprint density at radius 2 is 2.25 bits per heavy atom. The molecule has 0 saturated carbocycles. The second-order valence-corrected chi connectivity index (χ2v) is 4.80. The van der Waals surface area contributed by atoms with Crippen LogP contribution in [0.25, 0.3) is 0 Å². The summed E-state index contributed by atoms with van der Waals surface area (Å²) in [4.78, 5) is 5.46. The van der Waals surface area contributed by atoms with Crippen molar-refractivity contribution in [1.82, 2.24) is 4.98 Å². The summed E-state index contributed by atoms with van der Waals surface area (Å²) < 4.78 is 0. The van der Waals surface area contributed by atoms with E-state index in [1.165, 1.54) is 4.88 Å². The van der Waals surface area contributed by atoms with Gasteiger partial charge in [0.1, 0.15) is 0 Å². The molecule has 68 valence electrons. The first-order chi connectivity index (χ1) is 5.55. The highest BCUT2D eigenvalue weighted by Crippen LogP contribution is 2.25. The average Bonchev–Trinajstić information content (AvgIpc) is 2.36. The lowest BCUT2D eigenvalue weighted by molar-refractivity contribution is 0.160. The lowest BCUT2D eigenvalue weighted by Gasteiger charge is -2.20. The molecule has 1 aromatic heterocycles. The number of hydrogen-bond acceptors (Lipinski definition) is 3. The van der Waals surface area contributed by atoms with Crippen molar-refractivity contribution < 1.29 is 5.11 Å². The average molecular weight is 185 g/mol. The van der Waals surface area contributed by atoms with Gasteiger partial charge in [0.2, 0.25) is 0 Å². The number of rotatable bonds is 3. The molecule has 1 heterocycles. The Kier molecular flexibility index (Phi) is 2.85. The van der Waals surface area contributed by atoms with Crippen LogP contribution in [0, 0.1) is 12.3 Å². The Morgan fingerprint density at radius 1 is 1.58 bits per heavy atom. The lowest BCUT2D eigenvalue weighted by atomic mass is 9.89. The van der Waals surface area contributed by atoms with Crippen molar-refractivity contribution in [3.8, 4) is 0 Å². The van der Waals surface area contributed by atoms with Gasteiger partial charge in [-0.1, -0.05) is 13.8 Å². The van der Waals surface area contributed by atoms with Gasteiger partial charge in [0.15, 0.2) is 0 Å². The third kappa shape index (κ3) is 2.29. The summed E-state index contributed by atoms with van der Waals surface area (Å²) in [6, 6.07) is 0. The zero-order chi connectivity index (χ0) is 9.19. The van der Waals surface area contributed by atoms with Crippen molar-refractivity contribution in [2.45, 2.75) is 27.2 Å². The monoisotopic (exact) mass is 185 g/mol. The summed E-state index contributed by atoms with van der Waals surface area (Å²) >= 11 is 1.67. The molecule has 0 saturated heterocycles. The van der Waals surface area contributed by atoms with Gasteiger partial charge in [-0.15, -0.1) is 11.3 Å². The second-order valence-electron chi connectivity index (χ2n) is 3.86. The molecule has 1 aromatic rings. The molecule has 2 nitrogen and oxygen atoms in total. The number of aliphatic hydroxyl groups is 1. The van der Waals surface area contributed by atoms with E-state index in [-0.39, 0.29) is 12.0 Å². The molecule has 3 heteroatoms. The number of nitrogens with zero attached hydrogens (tertiary/aromatic N) is 1. The molecule has 0 aliphatic carbocycles. The highest BCUT2D eigenvalue weighted by molar-refractivity contribution is 7.09. The van der Waals surface area contributed by atoms with E-state index in [1.54, 1.807) is 11.3 Å². The minimum Gasteiger partial charge on any atom is -0.396 e. The van der Waals surface area contributed by atoms with Crippen LogP contribution in [0.2, 0.25) is 0 Å². The van der Waals surface area contributed by atoms with Crippen LogP contribution in [0.1, 0.15) is 24.4 Å². The Morgan fingerprint density at radius 3 is 2.67 bits per heavy atom. The van der Waals surface area contributed by atoms with Gasteiger partial charge in [-0.2, -0.15) is 0 Å². The summed E-state index contributed by atoms with van der Waals surface area (Å²) in [7, 11) is 0. The summed E-state index contributed by atoms with van der Waals surface area (Å²) in [6.07, 6.45) is 0.917. The maximum atomic E-state index is 9.07. The maximum absolute atomic E-state index is 9.07. The van der Waals surface area contributed by atoms with Gasteiger partial charge in [-0.25, -0.2) is 4.98 Å². The highest BCUT2D eigenvalue weighted by atomic mass is 32.1. The van der Waals surface area contributed by atoms with E-state index in [4.69, 9.17) is 5.11 Å². The first-order valence-corrected chi connectivity index (χ1v) is 4.93. The number of hydrogen-bond donors (Lipinski definition) is 1. The van der Waals surface area contributed by atoms with Crippen LogP contribution in [0.4, 0.5) is 0 Å². The molecule has 0 atom stereocenters. The van der Waals surface area contributed by atoms with Crippen LogP contribution in [0.3, 0.4) is 0 Å². The van der Waals surface area contributed by atoms with E-state index in [0.717, 1.165) is 12.1 Å². The predicted octanol–water partition coefficient (Wildman–Crippen LogP) is 2.01. The minimum atomic E-state index is -0.0166. The van der Waals surface area contributed by atoms with Crippen molar-refractivity contribution in [3.05, 3.63) is 16.1 Å². The molecular formula is C9H15NOS. The molecule has 0 radical (unpaired) electrons. The number of aromatic nitrogens is 1. The Balaban J connectivity index is 2.70. The molecule has 0 aliphatic heterocycles. The maximum Gasteiger partial charge on any atom is 0.0797 e. The van der Waals surface area contributed by atoms with Crippen LogP contribution < -0.4 is 0 Å². The largest absolute Gasteiger partial charge is 0.396 e. The van der Waals surface area contributed by atoms with Crippen molar-refractivity contribution in [2.24, 2.45) is 5.41 Å². The summed E-state index contributed by atoms with van der Waals surface area (Å²) in [6.45, 7) is 6.36. The fraction of sp³-hybridized carbons (Fsp3) is 0.667. The van der Waals surface area contributed by atoms with Crippen LogP contribution in [0.15, 0.2) is 5.51 Å². The molecule has 1 rings (SSSR count). The molecule has 0 fully saturated rings. The highest BCUT2D eigenvalue weighted by Gasteiger charge is 2.19. The normalized spacial score (nSPS) is 12.0. The smallest absolute Gasteiger partial charge is 0.0797 e. The quantitative estimate of drug-likeness (QED) is 0.781. The van der Waals surface area contributed by atoms with Gasteiger partial charge in [0.25, 0.3) is 0 Å². The predicted molar refractivity (Wildman–Crippen MR) is 51.4 cm³/mol. The summed E-state index contributed by atoms with van der Waals surface area (Å²) in [5, 5.41) is 9.07. The van der Waals surface area contributed by atoms with E-state index in [2.05, 4.69) is 18.8 Å². The molecular weight excluding hydrogens is 170 g/mol. The minimum absolute atomic E-state index is 0.0166. The fourth-order valence-electron chi connectivity index (χ4n) is 0.986. The molecule has 0 bridgehead atoms. The van der Waals surface area contributed by atoms with Crippen molar-refractivity contribution >= 4 is 11.3 Å². The number of thiazole rings is 1. The Labute approximate surface area is 77.3 Å². The first-order valence-electron chi connectivity index (χ1n) is 4.05. The number of aliphatic hydroxyl groups excluding tert-OH is 1. The molecule has 12 heavy (non-hydrogen) atoms. The van der Waals surface area contributed by atoms with Gasteiger partial charge in [0, 0.05) is 11.5 Å². The SMILES string of the molecule is Cc1ncsc1CC(C)(C)CO. The first kappa shape index (κ1) is 9.68. The van der Waals surface area contributed by atoms with E-state index in [1.807, 2.05) is 12.4 Å². The van der Waals surface area contributed by atoms with E-state index >= 15 is 0 Å². The Hall–Kier alpha value is -0.410. The van der Waals surface area contributed by atoms with Crippen LogP contribution in [-0.4, -0.2) is 16.7 Å². The van der Waals surface area contributed by atoms with Crippen LogP contribution in [-0.2, 0) is 6.42 Å². The summed E-state index contributed by atoms with van der Waals surface area (Å²) in [5.41, 5.74) is 2.94.